The van der Waals surface area contributed by atoms with E-state index in [1.54, 1.807) is 57.4 Å². The summed E-state index contributed by atoms with van der Waals surface area (Å²) in [7, 11) is 1.58. The normalized spacial score (nSPS) is 14.4. The van der Waals surface area contributed by atoms with Gasteiger partial charge in [0.2, 0.25) is 5.79 Å². The van der Waals surface area contributed by atoms with Crippen LogP contribution in [0.3, 0.4) is 0 Å². The van der Waals surface area contributed by atoms with Crippen LogP contribution in [0.25, 0.3) is 22.3 Å². The molecule has 0 spiro atoms. The SMILES string of the molecule is C=CCc1c(OCC2=COC(C)(C)O2)cc2oc(-c3ccc(OC)cc3)cc(=O)c2c1O. The quantitative estimate of drug-likeness (QED) is 0.527. The molecule has 7 heteroatoms. The van der Waals surface area contributed by atoms with Gasteiger partial charge in [0, 0.05) is 37.1 Å². The van der Waals surface area contributed by atoms with E-state index in [9.17, 15) is 9.90 Å². The first-order chi connectivity index (χ1) is 15.3. The first kappa shape index (κ1) is 21.4. The lowest BCUT2D eigenvalue weighted by molar-refractivity contribution is -0.119. The number of phenols is 1. The molecule has 1 aliphatic rings. The second-order valence-electron chi connectivity index (χ2n) is 7.76. The molecule has 0 amide bonds. The molecule has 166 valence electrons. The van der Waals surface area contributed by atoms with Gasteiger partial charge in [-0.3, -0.25) is 4.79 Å². The molecule has 32 heavy (non-hydrogen) atoms. The highest BCUT2D eigenvalue weighted by atomic mass is 16.7. The number of methoxy groups -OCH3 is 1. The number of rotatable bonds is 7. The molecule has 0 unspecified atom stereocenters. The topological polar surface area (TPSA) is 87.4 Å². The number of fused-ring (bicyclic) bond motifs is 1. The van der Waals surface area contributed by atoms with Gasteiger partial charge in [0.1, 0.15) is 46.8 Å². The summed E-state index contributed by atoms with van der Waals surface area (Å²) in [6.07, 6.45) is 3.42. The Hall–Kier alpha value is -3.87. The number of hydrogen-bond donors (Lipinski definition) is 1. The lowest BCUT2D eigenvalue weighted by Crippen LogP contribution is -2.21. The third kappa shape index (κ3) is 4.14. The van der Waals surface area contributed by atoms with Crippen LogP contribution in [0, 0.1) is 0 Å². The van der Waals surface area contributed by atoms with Crippen LogP contribution < -0.4 is 14.9 Å². The van der Waals surface area contributed by atoms with E-state index in [-0.39, 0.29) is 28.8 Å². The summed E-state index contributed by atoms with van der Waals surface area (Å²) >= 11 is 0. The lowest BCUT2D eigenvalue weighted by Gasteiger charge is -2.19. The van der Waals surface area contributed by atoms with Crippen molar-refractivity contribution < 1.29 is 28.5 Å². The van der Waals surface area contributed by atoms with Crippen LogP contribution in [0.4, 0.5) is 0 Å². The minimum atomic E-state index is -0.756. The highest BCUT2D eigenvalue weighted by Gasteiger charge is 2.28. The Bertz CT molecular complexity index is 1250. The second kappa shape index (κ2) is 8.34. The molecule has 2 aromatic carbocycles. The summed E-state index contributed by atoms with van der Waals surface area (Å²) in [5.74, 6) is 0.977. The van der Waals surface area contributed by atoms with E-state index >= 15 is 0 Å². The van der Waals surface area contributed by atoms with Gasteiger partial charge in [-0.2, -0.15) is 0 Å². The molecule has 0 bridgehead atoms. The van der Waals surface area contributed by atoms with Crippen molar-refractivity contribution in [3.05, 3.63) is 76.9 Å². The van der Waals surface area contributed by atoms with Gasteiger partial charge < -0.3 is 28.5 Å². The van der Waals surface area contributed by atoms with E-state index in [0.717, 1.165) is 0 Å². The molecule has 0 saturated carbocycles. The van der Waals surface area contributed by atoms with Crippen molar-refractivity contribution in [2.45, 2.75) is 26.1 Å². The molecule has 7 nitrogen and oxygen atoms in total. The Morgan fingerprint density at radius 1 is 1.19 bits per heavy atom. The zero-order valence-corrected chi connectivity index (χ0v) is 18.1. The van der Waals surface area contributed by atoms with Crippen LogP contribution in [-0.4, -0.2) is 24.6 Å². The molecule has 4 rings (SSSR count). The molecule has 0 aliphatic carbocycles. The fraction of sp³-hybridized carbons (Fsp3) is 0.240. The Morgan fingerprint density at radius 2 is 1.94 bits per heavy atom. The third-order valence-corrected chi connectivity index (χ3v) is 5.00. The van der Waals surface area contributed by atoms with E-state index in [1.807, 2.05) is 0 Å². The number of ether oxygens (including phenoxy) is 4. The number of allylic oxidation sites excluding steroid dienone is 1. The summed E-state index contributed by atoms with van der Waals surface area (Å²) in [5.41, 5.74) is 0.992. The molecular weight excluding hydrogens is 412 g/mol. The first-order valence-electron chi connectivity index (χ1n) is 10.1. The average molecular weight is 436 g/mol. The van der Waals surface area contributed by atoms with Gasteiger partial charge >= 0.3 is 0 Å². The summed E-state index contributed by atoms with van der Waals surface area (Å²) in [4.78, 5) is 12.9. The van der Waals surface area contributed by atoms with Crippen LogP contribution in [0.15, 0.2) is 70.3 Å². The maximum Gasteiger partial charge on any atom is 0.244 e. The van der Waals surface area contributed by atoms with E-state index in [2.05, 4.69) is 6.58 Å². The summed E-state index contributed by atoms with van der Waals surface area (Å²) in [5, 5.41) is 11.0. The smallest absolute Gasteiger partial charge is 0.244 e. The monoisotopic (exact) mass is 436 g/mol. The van der Waals surface area contributed by atoms with Crippen molar-refractivity contribution >= 4 is 11.0 Å². The maximum atomic E-state index is 12.9. The van der Waals surface area contributed by atoms with Gasteiger partial charge in [-0.05, 0) is 30.7 Å². The Labute approximate surface area is 185 Å². The predicted octanol–water partition coefficient (Wildman–Crippen LogP) is 4.91. The Kier molecular flexibility index (Phi) is 5.57. The van der Waals surface area contributed by atoms with E-state index < -0.39 is 5.79 Å². The fourth-order valence-corrected chi connectivity index (χ4v) is 3.47. The van der Waals surface area contributed by atoms with Crippen molar-refractivity contribution in [3.63, 3.8) is 0 Å². The van der Waals surface area contributed by atoms with Crippen LogP contribution in [0.1, 0.15) is 19.4 Å². The molecule has 0 atom stereocenters. The minimum Gasteiger partial charge on any atom is -0.507 e. The third-order valence-electron chi connectivity index (χ3n) is 5.00. The second-order valence-corrected chi connectivity index (χ2v) is 7.76. The van der Waals surface area contributed by atoms with Crippen LogP contribution in [0.2, 0.25) is 0 Å². The zero-order chi connectivity index (χ0) is 22.9. The predicted molar refractivity (Wildman–Crippen MR) is 120 cm³/mol. The van der Waals surface area contributed by atoms with Crippen LogP contribution >= 0.6 is 0 Å². The van der Waals surface area contributed by atoms with Gasteiger partial charge in [-0.15, -0.1) is 6.58 Å². The number of aromatic hydroxyl groups is 1. The molecule has 3 aromatic rings. The van der Waals surface area contributed by atoms with Crippen molar-refractivity contribution in [1.82, 2.24) is 0 Å². The summed E-state index contributed by atoms with van der Waals surface area (Å²) in [6, 6.07) is 10.1. The van der Waals surface area contributed by atoms with Gasteiger partial charge in [0.15, 0.2) is 11.2 Å². The number of hydrogen-bond acceptors (Lipinski definition) is 7. The van der Waals surface area contributed by atoms with Crippen molar-refractivity contribution in [2.75, 3.05) is 13.7 Å². The number of benzene rings is 2. The maximum absolute atomic E-state index is 12.9. The van der Waals surface area contributed by atoms with Gasteiger partial charge in [-0.1, -0.05) is 6.08 Å². The van der Waals surface area contributed by atoms with Gasteiger partial charge in [0.05, 0.1) is 7.11 Å². The fourth-order valence-electron chi connectivity index (χ4n) is 3.47. The molecule has 0 radical (unpaired) electrons. The molecular formula is C25H24O7. The van der Waals surface area contributed by atoms with Gasteiger partial charge in [0.25, 0.3) is 0 Å². The largest absolute Gasteiger partial charge is 0.507 e. The van der Waals surface area contributed by atoms with Crippen LogP contribution in [0.5, 0.6) is 17.2 Å². The average Bonchev–Trinajstić information content (AvgIpc) is 3.12. The van der Waals surface area contributed by atoms with Crippen molar-refractivity contribution in [1.29, 1.82) is 0 Å². The molecule has 1 aliphatic heterocycles. The summed E-state index contributed by atoms with van der Waals surface area (Å²) in [6.45, 7) is 7.39. The van der Waals surface area contributed by atoms with E-state index in [0.29, 0.717) is 40.6 Å². The molecule has 0 fully saturated rings. The molecule has 0 saturated heterocycles. The van der Waals surface area contributed by atoms with E-state index in [4.69, 9.17) is 23.4 Å². The van der Waals surface area contributed by atoms with Crippen LogP contribution in [-0.2, 0) is 15.9 Å². The molecule has 2 heterocycles. The Balaban J connectivity index is 1.75. The highest BCUT2D eigenvalue weighted by molar-refractivity contribution is 5.88. The van der Waals surface area contributed by atoms with Crippen molar-refractivity contribution in [2.24, 2.45) is 0 Å². The highest BCUT2D eigenvalue weighted by Crippen LogP contribution is 2.37. The Morgan fingerprint density at radius 3 is 2.56 bits per heavy atom. The zero-order valence-electron chi connectivity index (χ0n) is 18.1. The summed E-state index contributed by atoms with van der Waals surface area (Å²) < 4.78 is 28.1. The number of phenolic OH excluding ortho intramolecular Hbond substituents is 1. The van der Waals surface area contributed by atoms with Crippen molar-refractivity contribution in [3.8, 4) is 28.6 Å². The first-order valence-corrected chi connectivity index (χ1v) is 10.1. The lowest BCUT2D eigenvalue weighted by atomic mass is 10.0. The minimum absolute atomic E-state index is 0.0842. The molecule has 1 N–H and O–H groups in total. The van der Waals surface area contributed by atoms with Gasteiger partial charge in [-0.25, -0.2) is 0 Å². The van der Waals surface area contributed by atoms with E-state index in [1.165, 1.54) is 12.3 Å². The molecule has 1 aromatic heterocycles. The standard InChI is InChI=1S/C25H24O7/c1-5-6-18-21(29-13-17-14-30-25(2,3)32-17)12-22-23(24(18)27)19(26)11-20(31-22)15-7-9-16(28-4)10-8-15/h5,7-12,14,27H,1,6,13H2,2-4H3.